The molecule has 25 heavy (non-hydrogen) atoms. The highest BCUT2D eigenvalue weighted by molar-refractivity contribution is 9.11. The van der Waals surface area contributed by atoms with Crippen LogP contribution in [0.5, 0.6) is 5.75 Å². The van der Waals surface area contributed by atoms with Gasteiger partial charge in [0.2, 0.25) is 0 Å². The first kappa shape index (κ1) is 17.6. The molecule has 0 amide bonds. The van der Waals surface area contributed by atoms with Crippen LogP contribution in [0, 0.1) is 23.7 Å². The average molecular weight is 484 g/mol. The number of phenolic OH excluding ortho intramolecular Hbond substituents is 1. The van der Waals surface area contributed by atoms with Gasteiger partial charge in [-0.3, -0.25) is 0 Å². The SMILES string of the molecule is Oc1c(Br)cc(Br)cc1C=CNC(=S)NC1CC2CC1C1C=CCC21. The van der Waals surface area contributed by atoms with E-state index in [0.29, 0.717) is 15.6 Å². The van der Waals surface area contributed by atoms with Crippen LogP contribution in [-0.2, 0) is 0 Å². The van der Waals surface area contributed by atoms with E-state index in [1.807, 2.05) is 18.2 Å². The zero-order valence-electron chi connectivity index (χ0n) is 13.6. The number of benzene rings is 1. The van der Waals surface area contributed by atoms with Crippen molar-refractivity contribution in [2.75, 3.05) is 0 Å². The van der Waals surface area contributed by atoms with Crippen LogP contribution in [0.15, 0.2) is 39.4 Å². The van der Waals surface area contributed by atoms with Crippen molar-refractivity contribution in [1.29, 1.82) is 0 Å². The quantitative estimate of drug-likeness (QED) is 0.420. The standard InChI is InChI=1S/C19H20Br2N2OS/c20-12-6-10(18(24)16(21)9-12)4-5-22-19(25)23-17-8-11-7-15(17)14-3-1-2-13(11)14/h1,3-6,9,11,13-15,17,24H,2,7-8H2,(H2,22,23,25). The normalized spacial score (nSPS) is 32.3. The second-order valence-corrected chi connectivity index (χ2v) is 9.36. The highest BCUT2D eigenvalue weighted by Gasteiger charge is 2.52. The van der Waals surface area contributed by atoms with Crippen LogP contribution < -0.4 is 10.6 Å². The molecule has 1 aromatic rings. The lowest BCUT2D eigenvalue weighted by atomic mass is 9.79. The van der Waals surface area contributed by atoms with Crippen LogP contribution in [0.4, 0.5) is 0 Å². The Kier molecular flexibility index (Phi) is 4.95. The maximum Gasteiger partial charge on any atom is 0.170 e. The van der Waals surface area contributed by atoms with E-state index >= 15 is 0 Å². The second-order valence-electron chi connectivity index (χ2n) is 7.18. The first-order valence-corrected chi connectivity index (χ1v) is 10.6. The van der Waals surface area contributed by atoms with E-state index in [9.17, 15) is 5.11 Å². The number of fused-ring (bicyclic) bond motifs is 5. The number of hydrogen-bond acceptors (Lipinski definition) is 2. The van der Waals surface area contributed by atoms with Crippen molar-refractivity contribution in [3.05, 3.63) is 45.0 Å². The highest BCUT2D eigenvalue weighted by atomic mass is 79.9. The number of allylic oxidation sites excluding steroid dienone is 2. The fourth-order valence-electron chi connectivity index (χ4n) is 4.84. The third-order valence-electron chi connectivity index (χ3n) is 5.86. The van der Waals surface area contributed by atoms with Gasteiger partial charge in [0.15, 0.2) is 5.11 Å². The molecular formula is C19H20Br2N2OS. The van der Waals surface area contributed by atoms with Gasteiger partial charge in [-0.2, -0.15) is 0 Å². The number of nitrogens with one attached hydrogen (secondary N) is 2. The van der Waals surface area contributed by atoms with E-state index in [1.165, 1.54) is 19.3 Å². The van der Waals surface area contributed by atoms with Crippen molar-refractivity contribution in [2.45, 2.75) is 25.3 Å². The van der Waals surface area contributed by atoms with Gasteiger partial charge in [-0.15, -0.1) is 0 Å². The summed E-state index contributed by atoms with van der Waals surface area (Å²) in [6.07, 6.45) is 12.2. The van der Waals surface area contributed by atoms with Gasteiger partial charge < -0.3 is 15.7 Å². The van der Waals surface area contributed by atoms with Crippen LogP contribution >= 0.6 is 44.1 Å². The average Bonchev–Trinajstić information content (AvgIpc) is 3.24. The zero-order chi connectivity index (χ0) is 17.6. The molecular weight excluding hydrogens is 464 g/mol. The van der Waals surface area contributed by atoms with E-state index in [4.69, 9.17) is 12.2 Å². The predicted molar refractivity (Wildman–Crippen MR) is 112 cm³/mol. The van der Waals surface area contributed by atoms with Gasteiger partial charge in [0.05, 0.1) is 4.47 Å². The van der Waals surface area contributed by atoms with E-state index in [-0.39, 0.29) is 5.75 Å². The maximum absolute atomic E-state index is 10.1. The van der Waals surface area contributed by atoms with Crippen molar-refractivity contribution in [3.8, 4) is 5.75 Å². The molecule has 0 saturated heterocycles. The first-order chi connectivity index (χ1) is 12.0. The fourth-order valence-corrected chi connectivity index (χ4v) is 6.32. The summed E-state index contributed by atoms with van der Waals surface area (Å²) in [6, 6.07) is 4.15. The van der Waals surface area contributed by atoms with Gasteiger partial charge in [0.25, 0.3) is 0 Å². The van der Waals surface area contributed by atoms with Gasteiger partial charge in [0, 0.05) is 22.3 Å². The lowest BCUT2D eigenvalue weighted by molar-refractivity contribution is 0.246. The Morgan fingerprint density at radius 2 is 2.08 bits per heavy atom. The molecule has 3 aliphatic carbocycles. The van der Waals surface area contributed by atoms with E-state index < -0.39 is 0 Å². The van der Waals surface area contributed by atoms with E-state index in [2.05, 4.69) is 54.6 Å². The van der Waals surface area contributed by atoms with Gasteiger partial charge in [-0.05, 0) is 89.3 Å². The summed E-state index contributed by atoms with van der Waals surface area (Å²) < 4.78 is 1.56. The molecule has 2 bridgehead atoms. The predicted octanol–water partition coefficient (Wildman–Crippen LogP) is 4.95. The van der Waals surface area contributed by atoms with Crippen LogP contribution in [0.1, 0.15) is 24.8 Å². The Morgan fingerprint density at radius 3 is 2.92 bits per heavy atom. The smallest absolute Gasteiger partial charge is 0.170 e. The molecule has 2 saturated carbocycles. The third kappa shape index (κ3) is 3.40. The van der Waals surface area contributed by atoms with Crippen LogP contribution in [0.25, 0.3) is 6.08 Å². The Balaban J connectivity index is 1.34. The second kappa shape index (κ2) is 7.05. The fraction of sp³-hybridized carbons (Fsp3) is 0.421. The summed E-state index contributed by atoms with van der Waals surface area (Å²) in [5.74, 6) is 3.44. The van der Waals surface area contributed by atoms with Crippen LogP contribution in [-0.4, -0.2) is 16.3 Å². The number of aromatic hydroxyl groups is 1. The summed E-state index contributed by atoms with van der Waals surface area (Å²) >= 11 is 12.2. The number of thiocarbonyl (C=S) groups is 1. The molecule has 3 N–H and O–H groups in total. The zero-order valence-corrected chi connectivity index (χ0v) is 17.6. The first-order valence-electron chi connectivity index (χ1n) is 8.61. The summed E-state index contributed by atoms with van der Waals surface area (Å²) in [4.78, 5) is 0. The van der Waals surface area contributed by atoms with Crippen molar-refractivity contribution in [2.24, 2.45) is 23.7 Å². The Hall–Kier alpha value is -0.850. The summed E-state index contributed by atoms with van der Waals surface area (Å²) in [5, 5.41) is 17.4. The Labute approximate surface area is 170 Å². The van der Waals surface area contributed by atoms with E-state index in [1.54, 1.807) is 6.20 Å². The van der Waals surface area contributed by atoms with Gasteiger partial charge >= 0.3 is 0 Å². The van der Waals surface area contributed by atoms with Crippen molar-refractivity contribution >= 4 is 55.3 Å². The molecule has 6 heteroatoms. The molecule has 3 nitrogen and oxygen atoms in total. The molecule has 0 aliphatic heterocycles. The molecule has 1 aromatic carbocycles. The minimum Gasteiger partial charge on any atom is -0.506 e. The Bertz CT molecular complexity index is 764. The molecule has 5 unspecified atom stereocenters. The highest BCUT2D eigenvalue weighted by Crippen LogP contribution is 2.56. The number of rotatable bonds is 3. The summed E-state index contributed by atoms with van der Waals surface area (Å²) in [7, 11) is 0. The largest absolute Gasteiger partial charge is 0.506 e. The van der Waals surface area contributed by atoms with Crippen molar-refractivity contribution in [3.63, 3.8) is 0 Å². The molecule has 3 aliphatic rings. The summed E-state index contributed by atoms with van der Waals surface area (Å²) in [6.45, 7) is 0. The number of halogens is 2. The van der Waals surface area contributed by atoms with Crippen molar-refractivity contribution < 1.29 is 5.11 Å². The van der Waals surface area contributed by atoms with Crippen molar-refractivity contribution in [1.82, 2.24) is 10.6 Å². The number of hydrogen-bond donors (Lipinski definition) is 3. The molecule has 0 spiro atoms. The van der Waals surface area contributed by atoms with Crippen LogP contribution in [0.2, 0.25) is 0 Å². The monoisotopic (exact) mass is 482 g/mol. The lowest BCUT2D eigenvalue weighted by Gasteiger charge is -2.32. The van der Waals surface area contributed by atoms with Gasteiger partial charge in [0.1, 0.15) is 5.75 Å². The minimum atomic E-state index is 0.215. The molecule has 4 rings (SSSR count). The molecule has 0 aromatic heterocycles. The molecule has 132 valence electrons. The van der Waals surface area contributed by atoms with E-state index in [0.717, 1.165) is 33.7 Å². The maximum atomic E-state index is 10.1. The molecule has 0 heterocycles. The van der Waals surface area contributed by atoms with Gasteiger partial charge in [-0.1, -0.05) is 28.1 Å². The number of phenols is 1. The molecule has 5 atom stereocenters. The van der Waals surface area contributed by atoms with Gasteiger partial charge in [-0.25, -0.2) is 0 Å². The Morgan fingerprint density at radius 1 is 1.24 bits per heavy atom. The third-order valence-corrected chi connectivity index (χ3v) is 7.16. The topological polar surface area (TPSA) is 44.3 Å². The van der Waals surface area contributed by atoms with Crippen LogP contribution in [0.3, 0.4) is 0 Å². The molecule has 0 radical (unpaired) electrons. The molecule has 2 fully saturated rings. The minimum absolute atomic E-state index is 0.215. The lowest BCUT2D eigenvalue weighted by Crippen LogP contribution is -2.45. The summed E-state index contributed by atoms with van der Waals surface area (Å²) in [5.41, 5.74) is 0.718.